The Morgan fingerprint density at radius 2 is 1.79 bits per heavy atom. The van der Waals surface area contributed by atoms with Gasteiger partial charge in [0.2, 0.25) is 5.43 Å². The maximum absolute atomic E-state index is 13.6. The minimum Gasteiger partial charge on any atom is -0.486 e. The quantitative estimate of drug-likeness (QED) is 0.567. The molecule has 8 nitrogen and oxygen atoms in total. The van der Waals surface area contributed by atoms with Crippen molar-refractivity contribution in [1.29, 1.82) is 0 Å². The van der Waals surface area contributed by atoms with E-state index in [0.717, 1.165) is 12.0 Å². The fourth-order valence-corrected chi connectivity index (χ4v) is 4.38. The van der Waals surface area contributed by atoms with Gasteiger partial charge in [0.1, 0.15) is 30.3 Å². The first-order chi connectivity index (χ1) is 16.5. The first-order valence-corrected chi connectivity index (χ1v) is 11.6. The molecule has 8 heteroatoms. The Hall–Kier alpha value is -3.52. The third kappa shape index (κ3) is 4.21. The van der Waals surface area contributed by atoms with Crippen LogP contribution in [-0.2, 0) is 11.2 Å². The summed E-state index contributed by atoms with van der Waals surface area (Å²) in [6, 6.07) is 8.90. The average Bonchev–Trinajstić information content (AvgIpc) is 2.85. The highest BCUT2D eigenvalue weighted by Crippen LogP contribution is 2.36. The van der Waals surface area contributed by atoms with Crippen LogP contribution in [0.25, 0.3) is 22.1 Å². The van der Waals surface area contributed by atoms with Crippen molar-refractivity contribution in [2.75, 3.05) is 39.5 Å². The Kier molecular flexibility index (Phi) is 6.15. The monoisotopic (exact) mass is 465 g/mol. The maximum Gasteiger partial charge on any atom is 0.415 e. The molecule has 1 amide bonds. The summed E-state index contributed by atoms with van der Waals surface area (Å²) in [5.74, 6) is 2.16. The molecule has 1 aromatic heterocycles. The topological polar surface area (TPSA) is 87.4 Å². The summed E-state index contributed by atoms with van der Waals surface area (Å²) in [6.45, 7) is 6.72. The van der Waals surface area contributed by atoms with Crippen LogP contribution in [0.4, 0.5) is 4.79 Å². The third-order valence-electron chi connectivity index (χ3n) is 6.07. The predicted molar refractivity (Wildman–Crippen MR) is 126 cm³/mol. The molecule has 2 aromatic carbocycles. The SMILES string of the molecule is CCCc1cc2c(=O)c(-c3ccc4c(c3)OCCO4)c(C)oc2cc1OC(=O)N1CCOCC1. The number of morpholine rings is 1. The summed E-state index contributed by atoms with van der Waals surface area (Å²) in [6.07, 6.45) is 1.07. The average molecular weight is 466 g/mol. The van der Waals surface area contributed by atoms with Crippen molar-refractivity contribution in [3.63, 3.8) is 0 Å². The number of hydrogen-bond donors (Lipinski definition) is 0. The number of rotatable bonds is 4. The van der Waals surface area contributed by atoms with Crippen LogP contribution in [0.5, 0.6) is 17.2 Å². The highest BCUT2D eigenvalue weighted by molar-refractivity contribution is 5.86. The number of carbonyl (C=O) groups excluding carboxylic acids is 1. The van der Waals surface area contributed by atoms with E-state index in [1.807, 2.05) is 25.1 Å². The van der Waals surface area contributed by atoms with E-state index >= 15 is 0 Å². The van der Waals surface area contributed by atoms with Crippen molar-refractivity contribution in [3.8, 4) is 28.4 Å². The molecule has 3 heterocycles. The molecule has 2 aliphatic heterocycles. The number of fused-ring (bicyclic) bond motifs is 2. The molecule has 34 heavy (non-hydrogen) atoms. The van der Waals surface area contributed by atoms with Gasteiger partial charge in [0, 0.05) is 19.2 Å². The van der Waals surface area contributed by atoms with Crippen LogP contribution >= 0.6 is 0 Å². The van der Waals surface area contributed by atoms with Crippen LogP contribution in [0, 0.1) is 6.92 Å². The molecule has 0 atom stereocenters. The first-order valence-electron chi connectivity index (χ1n) is 11.6. The lowest BCUT2D eigenvalue weighted by molar-refractivity contribution is 0.0415. The second kappa shape index (κ2) is 9.38. The number of nitrogens with zero attached hydrogens (tertiary/aromatic N) is 1. The lowest BCUT2D eigenvalue weighted by atomic mass is 9.99. The number of ether oxygens (including phenoxy) is 4. The van der Waals surface area contributed by atoms with Crippen LogP contribution in [0.1, 0.15) is 24.7 Å². The zero-order valence-electron chi connectivity index (χ0n) is 19.3. The second-order valence-corrected chi connectivity index (χ2v) is 8.39. The predicted octanol–water partition coefficient (Wildman–Crippen LogP) is 4.32. The van der Waals surface area contributed by atoms with Gasteiger partial charge in [-0.15, -0.1) is 0 Å². The zero-order chi connectivity index (χ0) is 23.7. The minimum absolute atomic E-state index is 0.140. The Morgan fingerprint density at radius 3 is 2.56 bits per heavy atom. The van der Waals surface area contributed by atoms with Gasteiger partial charge in [0.15, 0.2) is 11.5 Å². The van der Waals surface area contributed by atoms with E-state index in [4.69, 9.17) is 23.4 Å². The van der Waals surface area contributed by atoms with Gasteiger partial charge in [-0.05, 0) is 42.7 Å². The van der Waals surface area contributed by atoms with E-state index in [2.05, 4.69) is 0 Å². The third-order valence-corrected chi connectivity index (χ3v) is 6.07. The van der Waals surface area contributed by atoms with E-state index in [0.29, 0.717) is 91.0 Å². The lowest BCUT2D eigenvalue weighted by Crippen LogP contribution is -2.42. The van der Waals surface area contributed by atoms with Crippen LogP contribution in [0.2, 0.25) is 0 Å². The van der Waals surface area contributed by atoms with Crippen LogP contribution in [0.3, 0.4) is 0 Å². The van der Waals surface area contributed by atoms with Crippen molar-refractivity contribution in [1.82, 2.24) is 4.90 Å². The molecule has 1 saturated heterocycles. The van der Waals surface area contributed by atoms with Gasteiger partial charge in [-0.1, -0.05) is 19.4 Å². The summed E-state index contributed by atoms with van der Waals surface area (Å²) in [4.78, 5) is 27.9. The van der Waals surface area contributed by atoms with Crippen molar-refractivity contribution in [2.45, 2.75) is 26.7 Å². The molecule has 1 fully saturated rings. The Balaban J connectivity index is 1.56. The normalized spacial score (nSPS) is 15.4. The lowest BCUT2D eigenvalue weighted by Gasteiger charge is -2.26. The fourth-order valence-electron chi connectivity index (χ4n) is 4.38. The van der Waals surface area contributed by atoms with Gasteiger partial charge >= 0.3 is 6.09 Å². The van der Waals surface area contributed by atoms with Gasteiger partial charge in [0.25, 0.3) is 0 Å². The van der Waals surface area contributed by atoms with Gasteiger partial charge in [0.05, 0.1) is 24.2 Å². The fraction of sp³-hybridized carbons (Fsp3) is 0.385. The molecular weight excluding hydrogens is 438 g/mol. The van der Waals surface area contributed by atoms with Crippen molar-refractivity contribution < 1.29 is 28.2 Å². The van der Waals surface area contributed by atoms with Crippen molar-refractivity contribution >= 4 is 17.1 Å². The highest BCUT2D eigenvalue weighted by Gasteiger charge is 2.23. The Bertz CT molecular complexity index is 1290. The highest BCUT2D eigenvalue weighted by atomic mass is 16.6. The maximum atomic E-state index is 13.6. The zero-order valence-corrected chi connectivity index (χ0v) is 19.3. The molecule has 2 aliphatic rings. The van der Waals surface area contributed by atoms with E-state index in [1.54, 1.807) is 24.0 Å². The summed E-state index contributed by atoms with van der Waals surface area (Å²) in [5, 5.41) is 0.449. The van der Waals surface area contributed by atoms with E-state index in [1.165, 1.54) is 0 Å². The molecular formula is C26H27NO7. The van der Waals surface area contributed by atoms with E-state index < -0.39 is 6.09 Å². The molecule has 0 spiro atoms. The smallest absolute Gasteiger partial charge is 0.415 e. The van der Waals surface area contributed by atoms with Crippen LogP contribution in [-0.4, -0.2) is 50.5 Å². The van der Waals surface area contributed by atoms with E-state index in [-0.39, 0.29) is 5.43 Å². The summed E-state index contributed by atoms with van der Waals surface area (Å²) < 4.78 is 28.4. The number of benzene rings is 2. The molecule has 0 saturated carbocycles. The minimum atomic E-state index is -0.424. The van der Waals surface area contributed by atoms with Crippen molar-refractivity contribution in [3.05, 3.63) is 51.9 Å². The molecule has 178 valence electrons. The molecule has 0 bridgehead atoms. The van der Waals surface area contributed by atoms with Crippen LogP contribution < -0.4 is 19.6 Å². The van der Waals surface area contributed by atoms with Crippen LogP contribution in [0.15, 0.2) is 39.5 Å². The van der Waals surface area contributed by atoms with Gasteiger partial charge in [-0.2, -0.15) is 0 Å². The molecule has 0 aliphatic carbocycles. The summed E-state index contributed by atoms with van der Waals surface area (Å²) >= 11 is 0. The second-order valence-electron chi connectivity index (χ2n) is 8.39. The summed E-state index contributed by atoms with van der Waals surface area (Å²) in [7, 11) is 0. The number of carbonyl (C=O) groups is 1. The number of hydrogen-bond acceptors (Lipinski definition) is 7. The molecule has 0 radical (unpaired) electrons. The molecule has 5 rings (SSSR count). The Morgan fingerprint density at radius 1 is 1.03 bits per heavy atom. The molecule has 0 N–H and O–H groups in total. The van der Waals surface area contributed by atoms with E-state index in [9.17, 15) is 9.59 Å². The van der Waals surface area contributed by atoms with Gasteiger partial charge in [-0.3, -0.25) is 4.79 Å². The Labute approximate surface area is 197 Å². The first kappa shape index (κ1) is 22.3. The van der Waals surface area contributed by atoms with Crippen molar-refractivity contribution in [2.24, 2.45) is 0 Å². The van der Waals surface area contributed by atoms with Gasteiger partial charge in [-0.25, -0.2) is 4.79 Å². The number of amides is 1. The molecule has 0 unspecified atom stereocenters. The molecule has 3 aromatic rings. The standard InChI is InChI=1S/C26H27NO7/c1-3-4-17-13-19-22(15-21(17)34-26(29)27-7-9-30-10-8-27)33-16(2)24(25(19)28)18-5-6-20-23(14-18)32-12-11-31-20/h5-6,13-15H,3-4,7-12H2,1-2H3. The largest absolute Gasteiger partial charge is 0.486 e. The number of aryl methyl sites for hydroxylation is 2. The summed E-state index contributed by atoms with van der Waals surface area (Å²) in [5.41, 5.74) is 2.22. The van der Waals surface area contributed by atoms with Gasteiger partial charge < -0.3 is 28.3 Å².